The molecule has 1 saturated heterocycles. The monoisotopic (exact) mass is 560 g/mol. The fourth-order valence-electron chi connectivity index (χ4n) is 4.08. The van der Waals surface area contributed by atoms with E-state index in [2.05, 4.69) is 37.1 Å². The Kier molecular flexibility index (Phi) is 8.93. The number of likely N-dealkylation sites (tertiary alicyclic amines) is 1. The number of sulfonamides is 1. The average Bonchev–Trinajstić information content (AvgIpc) is 3.35. The van der Waals surface area contributed by atoms with E-state index in [1.165, 1.54) is 19.3 Å². The van der Waals surface area contributed by atoms with Crippen LogP contribution >= 0.6 is 11.6 Å². The van der Waals surface area contributed by atoms with Crippen molar-refractivity contribution in [1.29, 1.82) is 0 Å². The van der Waals surface area contributed by atoms with E-state index in [4.69, 9.17) is 21.1 Å². The largest absolute Gasteiger partial charge is 0.489 e. The molecule has 0 amide bonds. The summed E-state index contributed by atoms with van der Waals surface area (Å²) in [5, 5.41) is 6.43. The zero-order valence-electron chi connectivity index (χ0n) is 21.9. The number of aromatic nitrogens is 2. The van der Waals surface area contributed by atoms with Gasteiger partial charge in [-0.25, -0.2) is 18.1 Å². The van der Waals surface area contributed by atoms with Crippen molar-refractivity contribution >= 4 is 44.8 Å². The summed E-state index contributed by atoms with van der Waals surface area (Å²) in [7, 11) is -2.35. The first kappa shape index (κ1) is 27.9. The smallest absolute Gasteiger partial charge is 0.242 e. The van der Waals surface area contributed by atoms with Gasteiger partial charge in [-0.05, 0) is 58.1 Å². The van der Waals surface area contributed by atoms with Crippen LogP contribution in [0.1, 0.15) is 27.2 Å². The van der Waals surface area contributed by atoms with Gasteiger partial charge >= 0.3 is 0 Å². The first-order valence-corrected chi connectivity index (χ1v) is 14.3. The lowest BCUT2D eigenvalue weighted by molar-refractivity contribution is 0.199. The zero-order valence-corrected chi connectivity index (χ0v) is 23.4. The van der Waals surface area contributed by atoms with Gasteiger partial charge in [-0.15, -0.1) is 0 Å². The molecule has 1 fully saturated rings. The highest BCUT2D eigenvalue weighted by atomic mass is 35.5. The summed E-state index contributed by atoms with van der Waals surface area (Å²) >= 11 is 6.35. The molecule has 0 aliphatic carbocycles. The molecule has 4 rings (SSSR count). The van der Waals surface area contributed by atoms with Crippen LogP contribution in [0.4, 0.5) is 23.1 Å². The van der Waals surface area contributed by atoms with E-state index >= 15 is 0 Å². The van der Waals surface area contributed by atoms with E-state index in [1.54, 1.807) is 18.2 Å². The van der Waals surface area contributed by atoms with E-state index in [0.29, 0.717) is 17.1 Å². The normalized spacial score (nSPS) is 16.0. The number of hydrogen-bond donors (Lipinski definition) is 3. The fourth-order valence-corrected chi connectivity index (χ4v) is 5.11. The van der Waals surface area contributed by atoms with Crippen molar-refractivity contribution in [2.45, 2.75) is 44.3 Å². The molecule has 3 N–H and O–H groups in total. The van der Waals surface area contributed by atoms with Gasteiger partial charge in [0.15, 0.2) is 5.82 Å². The highest BCUT2D eigenvalue weighted by molar-refractivity contribution is 7.89. The van der Waals surface area contributed by atoms with E-state index in [0.717, 1.165) is 31.8 Å². The summed E-state index contributed by atoms with van der Waals surface area (Å²) in [5.74, 6) is 1.83. The Labute approximate surface area is 228 Å². The van der Waals surface area contributed by atoms with Gasteiger partial charge in [0, 0.05) is 19.2 Å². The molecule has 0 saturated carbocycles. The maximum Gasteiger partial charge on any atom is 0.242 e. The van der Waals surface area contributed by atoms with Gasteiger partial charge < -0.3 is 20.1 Å². The van der Waals surface area contributed by atoms with Crippen molar-refractivity contribution in [1.82, 2.24) is 19.6 Å². The van der Waals surface area contributed by atoms with E-state index < -0.39 is 10.0 Å². The summed E-state index contributed by atoms with van der Waals surface area (Å²) in [6.45, 7) is 9.01. The van der Waals surface area contributed by atoms with Crippen molar-refractivity contribution < 1.29 is 17.9 Å². The second-order valence-corrected chi connectivity index (χ2v) is 11.4. The molecular weight excluding hydrogens is 528 g/mol. The number of para-hydroxylation sites is 1. The van der Waals surface area contributed by atoms with Gasteiger partial charge in [0.2, 0.25) is 16.0 Å². The minimum Gasteiger partial charge on any atom is -0.489 e. The minimum absolute atomic E-state index is 0.0677. The standard InChI is InChI=1S/C26H33ClN6O4S/c1-5-33-13-12-19(16-33)37-18-10-11-21(23(14-18)36-17(2)3)31-26-29-15-20(27)25(32-26)30-22-8-6-7-9-24(22)38(34,35)28-4/h6-11,14-15,17,19,28H,5,12-13,16H2,1-4H3,(H2,29,30,31,32). The molecule has 2 aromatic carbocycles. The number of ether oxygens (including phenoxy) is 2. The van der Waals surface area contributed by atoms with Crippen LogP contribution in [-0.4, -0.2) is 62.2 Å². The van der Waals surface area contributed by atoms with Crippen molar-refractivity contribution in [2.75, 3.05) is 37.3 Å². The quantitative estimate of drug-likeness (QED) is 0.304. The maximum absolute atomic E-state index is 12.4. The third kappa shape index (κ3) is 6.84. The zero-order chi connectivity index (χ0) is 27.3. The van der Waals surface area contributed by atoms with Gasteiger partial charge in [-0.2, -0.15) is 4.98 Å². The van der Waals surface area contributed by atoms with Crippen LogP contribution < -0.4 is 24.8 Å². The summed E-state index contributed by atoms with van der Waals surface area (Å²) in [4.78, 5) is 11.2. The first-order valence-electron chi connectivity index (χ1n) is 12.5. The Morgan fingerprint density at radius 3 is 2.66 bits per heavy atom. The molecule has 38 heavy (non-hydrogen) atoms. The van der Waals surface area contributed by atoms with Gasteiger partial charge in [0.25, 0.3) is 0 Å². The molecule has 12 heteroatoms. The number of likely N-dealkylation sites (N-methyl/N-ethyl adjacent to an activating group) is 1. The van der Waals surface area contributed by atoms with Crippen molar-refractivity contribution in [3.8, 4) is 11.5 Å². The number of nitrogens with one attached hydrogen (secondary N) is 3. The van der Waals surface area contributed by atoms with Crippen LogP contribution in [0.5, 0.6) is 11.5 Å². The first-order chi connectivity index (χ1) is 18.2. The van der Waals surface area contributed by atoms with Gasteiger partial charge in [-0.1, -0.05) is 30.7 Å². The summed E-state index contributed by atoms with van der Waals surface area (Å²) in [6, 6.07) is 12.1. The number of hydrogen-bond acceptors (Lipinski definition) is 9. The third-order valence-electron chi connectivity index (χ3n) is 5.98. The second kappa shape index (κ2) is 12.2. The molecule has 1 aromatic heterocycles. The Morgan fingerprint density at radius 1 is 1.16 bits per heavy atom. The molecule has 1 aliphatic rings. The van der Waals surface area contributed by atoms with Crippen molar-refractivity contribution in [3.63, 3.8) is 0 Å². The lowest BCUT2D eigenvalue weighted by atomic mass is 10.2. The SMILES string of the molecule is CCN1CCC(Oc2ccc(Nc3ncc(Cl)c(Nc4ccccc4S(=O)(=O)NC)n3)c(OC(C)C)c2)C1. The number of halogens is 1. The van der Waals surface area contributed by atoms with Crippen LogP contribution in [0.15, 0.2) is 53.6 Å². The molecule has 1 unspecified atom stereocenters. The van der Waals surface area contributed by atoms with Crippen LogP contribution in [0, 0.1) is 0 Å². The molecule has 0 bridgehead atoms. The minimum atomic E-state index is -3.70. The van der Waals surface area contributed by atoms with Crippen LogP contribution in [0.25, 0.3) is 0 Å². The lowest BCUT2D eigenvalue weighted by Crippen LogP contribution is -2.24. The Bertz CT molecular complexity index is 1370. The van der Waals surface area contributed by atoms with Crippen LogP contribution in [-0.2, 0) is 10.0 Å². The Morgan fingerprint density at radius 2 is 1.95 bits per heavy atom. The second-order valence-electron chi connectivity index (χ2n) is 9.09. The number of benzene rings is 2. The maximum atomic E-state index is 12.4. The molecule has 3 aromatic rings. The van der Waals surface area contributed by atoms with E-state index in [1.807, 2.05) is 32.0 Å². The predicted molar refractivity (Wildman–Crippen MR) is 150 cm³/mol. The molecule has 2 heterocycles. The molecular formula is C26H33ClN6O4S. The molecule has 204 valence electrons. The number of anilines is 4. The van der Waals surface area contributed by atoms with Crippen LogP contribution in [0.2, 0.25) is 5.02 Å². The van der Waals surface area contributed by atoms with E-state index in [-0.39, 0.29) is 33.9 Å². The summed E-state index contributed by atoms with van der Waals surface area (Å²) in [5.41, 5.74) is 0.978. The molecule has 10 nitrogen and oxygen atoms in total. The highest BCUT2D eigenvalue weighted by Crippen LogP contribution is 2.34. The Balaban J connectivity index is 1.57. The number of rotatable bonds is 11. The third-order valence-corrected chi connectivity index (χ3v) is 7.73. The van der Waals surface area contributed by atoms with Crippen molar-refractivity contribution in [3.05, 3.63) is 53.7 Å². The molecule has 1 atom stereocenters. The predicted octanol–water partition coefficient (Wildman–Crippen LogP) is 4.79. The highest BCUT2D eigenvalue weighted by Gasteiger charge is 2.23. The molecule has 0 radical (unpaired) electrons. The molecule has 1 aliphatic heterocycles. The average molecular weight is 561 g/mol. The van der Waals surface area contributed by atoms with E-state index in [9.17, 15) is 8.42 Å². The number of nitrogens with zero attached hydrogens (tertiary/aromatic N) is 3. The molecule has 0 spiro atoms. The lowest BCUT2D eigenvalue weighted by Gasteiger charge is -2.19. The van der Waals surface area contributed by atoms with Gasteiger partial charge in [-0.3, -0.25) is 4.90 Å². The van der Waals surface area contributed by atoms with Crippen molar-refractivity contribution in [2.24, 2.45) is 0 Å². The fraction of sp³-hybridized carbons (Fsp3) is 0.385. The van der Waals surface area contributed by atoms with Gasteiger partial charge in [0.05, 0.1) is 23.7 Å². The topological polar surface area (TPSA) is 118 Å². The Hall–Kier alpha value is -3.12. The van der Waals surface area contributed by atoms with Crippen LogP contribution in [0.3, 0.4) is 0 Å². The van der Waals surface area contributed by atoms with Gasteiger partial charge in [0.1, 0.15) is 27.5 Å². The summed E-state index contributed by atoms with van der Waals surface area (Å²) in [6.07, 6.45) is 2.50. The summed E-state index contributed by atoms with van der Waals surface area (Å²) < 4.78 is 39.5.